The summed E-state index contributed by atoms with van der Waals surface area (Å²) in [6.07, 6.45) is 0.183. The van der Waals surface area contributed by atoms with E-state index < -0.39 is 0 Å². The summed E-state index contributed by atoms with van der Waals surface area (Å²) < 4.78 is 10.4. The molecular formula is C19H19N3O3S. The fraction of sp³-hybridized carbons (Fsp3) is 0.158. The van der Waals surface area contributed by atoms with E-state index in [-0.39, 0.29) is 12.3 Å². The van der Waals surface area contributed by atoms with Crippen molar-refractivity contribution in [2.45, 2.75) is 6.42 Å². The zero-order chi connectivity index (χ0) is 18.4. The van der Waals surface area contributed by atoms with Gasteiger partial charge in [-0.2, -0.15) is 0 Å². The highest BCUT2D eigenvalue weighted by Gasteiger charge is 2.12. The Labute approximate surface area is 155 Å². The summed E-state index contributed by atoms with van der Waals surface area (Å²) in [5.74, 6) is 1.04. The highest BCUT2D eigenvalue weighted by Crippen LogP contribution is 2.29. The molecule has 0 saturated heterocycles. The van der Waals surface area contributed by atoms with E-state index in [1.807, 2.05) is 35.7 Å². The number of carbonyl (C=O) groups excluding carboxylic acids is 1. The maximum atomic E-state index is 12.3. The van der Waals surface area contributed by atoms with E-state index in [1.165, 1.54) is 11.3 Å². The first-order valence-electron chi connectivity index (χ1n) is 7.96. The number of nitrogens with one attached hydrogen (secondary N) is 2. The molecule has 0 aliphatic carbocycles. The van der Waals surface area contributed by atoms with E-state index in [2.05, 4.69) is 15.6 Å². The number of amides is 1. The number of hydrogen-bond donors (Lipinski definition) is 2. The summed E-state index contributed by atoms with van der Waals surface area (Å²) in [4.78, 5) is 16.8. The van der Waals surface area contributed by atoms with Gasteiger partial charge in [0, 0.05) is 17.1 Å². The number of benzene rings is 2. The van der Waals surface area contributed by atoms with Crippen LogP contribution < -0.4 is 20.1 Å². The molecule has 0 atom stereocenters. The van der Waals surface area contributed by atoms with E-state index >= 15 is 0 Å². The van der Waals surface area contributed by atoms with Gasteiger partial charge in [0.1, 0.15) is 11.5 Å². The van der Waals surface area contributed by atoms with Crippen LogP contribution in [0.5, 0.6) is 11.5 Å². The van der Waals surface area contributed by atoms with E-state index in [0.717, 1.165) is 10.8 Å². The number of thiazole rings is 1. The summed E-state index contributed by atoms with van der Waals surface area (Å²) in [7, 11) is 3.13. The van der Waals surface area contributed by atoms with Crippen LogP contribution in [-0.2, 0) is 11.2 Å². The SMILES string of the molecule is COc1ccc(NC(=O)Cc2csc(Nc3ccccc3)n2)c(OC)c1. The van der Waals surface area contributed by atoms with E-state index in [0.29, 0.717) is 22.9 Å². The molecule has 0 radical (unpaired) electrons. The molecule has 3 rings (SSSR count). The van der Waals surface area contributed by atoms with Crippen molar-refractivity contribution in [1.29, 1.82) is 0 Å². The summed E-state index contributed by atoms with van der Waals surface area (Å²) in [5.41, 5.74) is 2.26. The lowest BCUT2D eigenvalue weighted by molar-refractivity contribution is -0.115. The number of para-hydroxylation sites is 1. The molecule has 1 amide bonds. The molecule has 134 valence electrons. The Morgan fingerprint density at radius 3 is 2.65 bits per heavy atom. The third-order valence-corrected chi connectivity index (χ3v) is 4.41. The topological polar surface area (TPSA) is 72.5 Å². The van der Waals surface area contributed by atoms with Gasteiger partial charge in [0.05, 0.1) is 32.0 Å². The number of anilines is 3. The maximum Gasteiger partial charge on any atom is 0.230 e. The fourth-order valence-corrected chi connectivity index (χ4v) is 3.08. The van der Waals surface area contributed by atoms with Crippen molar-refractivity contribution in [2.75, 3.05) is 24.9 Å². The zero-order valence-corrected chi connectivity index (χ0v) is 15.3. The largest absolute Gasteiger partial charge is 0.497 e. The molecule has 2 aromatic carbocycles. The number of nitrogens with zero attached hydrogens (tertiary/aromatic N) is 1. The number of aromatic nitrogens is 1. The van der Waals surface area contributed by atoms with Crippen molar-refractivity contribution in [2.24, 2.45) is 0 Å². The highest BCUT2D eigenvalue weighted by molar-refractivity contribution is 7.13. The highest BCUT2D eigenvalue weighted by atomic mass is 32.1. The molecule has 0 spiro atoms. The summed E-state index contributed by atoms with van der Waals surface area (Å²) in [6.45, 7) is 0. The Morgan fingerprint density at radius 1 is 1.12 bits per heavy atom. The molecule has 0 saturated carbocycles. The number of carbonyl (C=O) groups is 1. The summed E-state index contributed by atoms with van der Waals surface area (Å²) >= 11 is 1.46. The molecule has 7 heteroatoms. The molecular weight excluding hydrogens is 350 g/mol. The number of ether oxygens (including phenoxy) is 2. The van der Waals surface area contributed by atoms with Crippen molar-refractivity contribution >= 4 is 33.8 Å². The third kappa shape index (κ3) is 4.52. The number of hydrogen-bond acceptors (Lipinski definition) is 6. The Morgan fingerprint density at radius 2 is 1.92 bits per heavy atom. The first kappa shape index (κ1) is 17.8. The van der Waals surface area contributed by atoms with Crippen molar-refractivity contribution in [3.63, 3.8) is 0 Å². The van der Waals surface area contributed by atoms with Crippen LogP contribution in [0.2, 0.25) is 0 Å². The molecule has 2 N–H and O–H groups in total. The van der Waals surface area contributed by atoms with Gasteiger partial charge in [-0.3, -0.25) is 4.79 Å². The smallest absolute Gasteiger partial charge is 0.230 e. The van der Waals surface area contributed by atoms with Gasteiger partial charge in [0.25, 0.3) is 0 Å². The van der Waals surface area contributed by atoms with Gasteiger partial charge in [-0.25, -0.2) is 4.98 Å². The molecule has 0 aliphatic rings. The predicted octanol–water partition coefficient (Wildman–Crippen LogP) is 4.09. The molecule has 0 aliphatic heterocycles. The first-order valence-corrected chi connectivity index (χ1v) is 8.84. The van der Waals surface area contributed by atoms with Crippen molar-refractivity contribution in [3.8, 4) is 11.5 Å². The quantitative estimate of drug-likeness (QED) is 0.656. The predicted molar refractivity (Wildman–Crippen MR) is 104 cm³/mol. The van der Waals surface area contributed by atoms with Gasteiger partial charge in [0.2, 0.25) is 5.91 Å². The number of rotatable bonds is 7. The van der Waals surface area contributed by atoms with Crippen LogP contribution in [0.4, 0.5) is 16.5 Å². The lowest BCUT2D eigenvalue weighted by Gasteiger charge is -2.11. The average molecular weight is 369 g/mol. The second-order valence-electron chi connectivity index (χ2n) is 5.43. The van der Waals surface area contributed by atoms with Crippen LogP contribution in [0, 0.1) is 0 Å². The van der Waals surface area contributed by atoms with Crippen molar-refractivity contribution in [1.82, 2.24) is 4.98 Å². The van der Waals surface area contributed by atoms with Gasteiger partial charge in [0.15, 0.2) is 5.13 Å². The van der Waals surface area contributed by atoms with E-state index in [1.54, 1.807) is 32.4 Å². The van der Waals surface area contributed by atoms with Gasteiger partial charge >= 0.3 is 0 Å². The molecule has 3 aromatic rings. The molecule has 26 heavy (non-hydrogen) atoms. The minimum Gasteiger partial charge on any atom is -0.497 e. The molecule has 6 nitrogen and oxygen atoms in total. The number of methoxy groups -OCH3 is 2. The minimum atomic E-state index is -0.162. The van der Waals surface area contributed by atoms with Crippen molar-refractivity contribution < 1.29 is 14.3 Å². The van der Waals surface area contributed by atoms with Gasteiger partial charge in [-0.15, -0.1) is 11.3 Å². The molecule has 0 bridgehead atoms. The molecule has 0 fully saturated rings. The maximum absolute atomic E-state index is 12.3. The Balaban J connectivity index is 1.62. The lowest BCUT2D eigenvalue weighted by Crippen LogP contribution is -2.15. The zero-order valence-electron chi connectivity index (χ0n) is 14.5. The second kappa shape index (κ2) is 8.35. The Hall–Kier alpha value is -3.06. The van der Waals surface area contributed by atoms with Crippen LogP contribution in [0.1, 0.15) is 5.69 Å². The van der Waals surface area contributed by atoms with Crippen molar-refractivity contribution in [3.05, 3.63) is 59.6 Å². The monoisotopic (exact) mass is 369 g/mol. The minimum absolute atomic E-state index is 0.162. The molecule has 0 unspecified atom stereocenters. The van der Waals surface area contributed by atoms with Gasteiger partial charge in [-0.05, 0) is 24.3 Å². The van der Waals surface area contributed by atoms with E-state index in [4.69, 9.17) is 9.47 Å². The molecule has 1 aromatic heterocycles. The van der Waals surface area contributed by atoms with Crippen LogP contribution >= 0.6 is 11.3 Å². The Bertz CT molecular complexity index is 881. The van der Waals surface area contributed by atoms with Gasteiger partial charge in [-0.1, -0.05) is 18.2 Å². The molecule has 1 heterocycles. The Kier molecular flexibility index (Phi) is 5.70. The first-order chi connectivity index (χ1) is 12.7. The van der Waals surface area contributed by atoms with E-state index in [9.17, 15) is 4.79 Å². The second-order valence-corrected chi connectivity index (χ2v) is 6.28. The van der Waals surface area contributed by atoms with Crippen LogP contribution in [0.15, 0.2) is 53.9 Å². The summed E-state index contributed by atoms with van der Waals surface area (Å²) in [5, 5.41) is 8.69. The standard InChI is InChI=1S/C19H19N3O3S/c1-24-15-8-9-16(17(11-15)25-2)22-18(23)10-14-12-26-19(21-14)20-13-6-4-3-5-7-13/h3-9,11-12H,10H2,1-2H3,(H,20,21)(H,22,23). The third-order valence-electron chi connectivity index (χ3n) is 3.60. The van der Waals surface area contributed by atoms with Crippen LogP contribution in [-0.4, -0.2) is 25.1 Å². The normalized spacial score (nSPS) is 10.2. The average Bonchev–Trinajstić information content (AvgIpc) is 3.09. The summed E-state index contributed by atoms with van der Waals surface area (Å²) in [6, 6.07) is 15.0. The lowest BCUT2D eigenvalue weighted by atomic mass is 10.2. The van der Waals surface area contributed by atoms with Crippen LogP contribution in [0.25, 0.3) is 0 Å². The van der Waals surface area contributed by atoms with Crippen LogP contribution in [0.3, 0.4) is 0 Å². The fourth-order valence-electron chi connectivity index (χ4n) is 2.35. The van der Waals surface area contributed by atoms with Gasteiger partial charge < -0.3 is 20.1 Å².